The average molecular weight is 120 g/mol. The highest BCUT2D eigenvalue weighted by Gasteiger charge is 2.14. The van der Waals surface area contributed by atoms with Crippen LogP contribution in [0.25, 0.3) is 0 Å². The van der Waals surface area contributed by atoms with E-state index in [0.717, 1.165) is 0 Å². The van der Waals surface area contributed by atoms with E-state index in [1.54, 1.807) is 20.8 Å². The Balaban J connectivity index is 3.55. The summed E-state index contributed by atoms with van der Waals surface area (Å²) >= 11 is 0. The summed E-state index contributed by atoms with van der Waals surface area (Å²) in [5.74, 6) is 0. The molecule has 0 aromatic rings. The summed E-state index contributed by atoms with van der Waals surface area (Å²) in [4.78, 5) is 9.57. The van der Waals surface area contributed by atoms with Gasteiger partial charge in [0.2, 0.25) is 0 Å². The minimum atomic E-state index is -1.72. The standard InChI is InChI=1S/C5H9FO2/c1-5(2,3)8-4(6)7/h1-3H3. The lowest BCUT2D eigenvalue weighted by atomic mass is 10.2. The minimum Gasteiger partial charge on any atom is -0.435 e. The first-order valence-corrected chi connectivity index (χ1v) is 2.30. The van der Waals surface area contributed by atoms with E-state index in [1.165, 1.54) is 0 Å². The number of hydrogen-bond acceptors (Lipinski definition) is 2. The van der Waals surface area contributed by atoms with Crippen molar-refractivity contribution in [2.24, 2.45) is 0 Å². The van der Waals surface area contributed by atoms with Gasteiger partial charge in [0.1, 0.15) is 5.60 Å². The Morgan fingerprint density at radius 3 is 1.88 bits per heavy atom. The number of hydrogen-bond donors (Lipinski definition) is 0. The molecule has 0 aromatic carbocycles. The van der Waals surface area contributed by atoms with E-state index in [0.29, 0.717) is 0 Å². The van der Waals surface area contributed by atoms with Crippen molar-refractivity contribution in [3.05, 3.63) is 0 Å². The van der Waals surface area contributed by atoms with E-state index in [4.69, 9.17) is 0 Å². The van der Waals surface area contributed by atoms with Gasteiger partial charge in [-0.3, -0.25) is 0 Å². The molecule has 3 heteroatoms. The van der Waals surface area contributed by atoms with Crippen molar-refractivity contribution in [2.75, 3.05) is 0 Å². The normalized spacial score (nSPS) is 11.0. The molecule has 0 aliphatic heterocycles. The fraction of sp³-hybridized carbons (Fsp3) is 0.800. The second-order valence-electron chi connectivity index (χ2n) is 2.45. The zero-order chi connectivity index (χ0) is 6.78. The van der Waals surface area contributed by atoms with Crippen LogP contribution in [0.1, 0.15) is 20.8 Å². The predicted molar refractivity (Wildman–Crippen MR) is 27.3 cm³/mol. The first-order chi connectivity index (χ1) is 3.42. The van der Waals surface area contributed by atoms with E-state index in [1.807, 2.05) is 0 Å². The number of rotatable bonds is 0. The molecule has 0 aliphatic carbocycles. The van der Waals surface area contributed by atoms with Crippen LogP contribution in [0.4, 0.5) is 9.18 Å². The predicted octanol–water partition coefficient (Wildman–Crippen LogP) is 1.89. The molecule has 0 fully saturated rings. The van der Waals surface area contributed by atoms with Gasteiger partial charge in [-0.2, -0.15) is 0 Å². The molecule has 0 atom stereocenters. The summed E-state index contributed by atoms with van der Waals surface area (Å²) in [7, 11) is 0. The van der Waals surface area contributed by atoms with Gasteiger partial charge in [-0.15, -0.1) is 4.39 Å². The van der Waals surface area contributed by atoms with Gasteiger partial charge < -0.3 is 4.74 Å². The van der Waals surface area contributed by atoms with E-state index < -0.39 is 11.8 Å². The Bertz CT molecular complexity index is 93.1. The SMILES string of the molecule is CC(C)(C)OC(=O)F. The van der Waals surface area contributed by atoms with Crippen molar-refractivity contribution in [1.82, 2.24) is 0 Å². The monoisotopic (exact) mass is 120 g/mol. The molecule has 0 radical (unpaired) electrons. The van der Waals surface area contributed by atoms with Gasteiger partial charge in [-0.05, 0) is 20.8 Å². The molecule has 0 aliphatic rings. The fourth-order valence-corrected chi connectivity index (χ4v) is 0.241. The molecule has 0 heterocycles. The summed E-state index contributed by atoms with van der Waals surface area (Å²) < 4.78 is 15.5. The van der Waals surface area contributed by atoms with Gasteiger partial charge in [0, 0.05) is 0 Å². The Kier molecular flexibility index (Phi) is 1.95. The smallest absolute Gasteiger partial charge is 0.435 e. The summed E-state index contributed by atoms with van der Waals surface area (Å²) in [6.45, 7) is 4.80. The number of carbonyl (C=O) groups is 1. The molecule has 0 amide bonds. The minimum absolute atomic E-state index is 0.703. The summed E-state index contributed by atoms with van der Waals surface area (Å²) in [6, 6.07) is 0. The summed E-state index contributed by atoms with van der Waals surface area (Å²) in [5.41, 5.74) is -0.703. The average Bonchev–Trinajstić information content (AvgIpc) is 1.21. The van der Waals surface area contributed by atoms with Crippen molar-refractivity contribution in [3.63, 3.8) is 0 Å². The molecule has 2 nitrogen and oxygen atoms in total. The molecule has 8 heavy (non-hydrogen) atoms. The van der Waals surface area contributed by atoms with E-state index >= 15 is 0 Å². The fourth-order valence-electron chi connectivity index (χ4n) is 0.241. The molecular formula is C5H9FO2. The maximum Gasteiger partial charge on any atom is 0.495 e. The molecule has 0 spiro atoms. The van der Waals surface area contributed by atoms with Crippen molar-refractivity contribution in [1.29, 1.82) is 0 Å². The first-order valence-electron chi connectivity index (χ1n) is 2.30. The van der Waals surface area contributed by atoms with Crippen LogP contribution in [0, 0.1) is 0 Å². The van der Waals surface area contributed by atoms with Crippen LogP contribution in [0.3, 0.4) is 0 Å². The molecule has 0 unspecified atom stereocenters. The Labute approximate surface area is 47.6 Å². The number of ether oxygens (including phenoxy) is 1. The zero-order valence-electron chi connectivity index (χ0n) is 5.19. The van der Waals surface area contributed by atoms with E-state index in [2.05, 4.69) is 4.74 Å². The Morgan fingerprint density at radius 1 is 1.50 bits per heavy atom. The summed E-state index contributed by atoms with van der Waals surface area (Å²) in [5, 5.41) is 0. The molecule has 0 bridgehead atoms. The molecule has 0 rings (SSSR count). The highest BCUT2D eigenvalue weighted by atomic mass is 19.1. The van der Waals surface area contributed by atoms with Gasteiger partial charge in [0.25, 0.3) is 0 Å². The quantitative estimate of drug-likeness (QED) is 0.456. The second kappa shape index (κ2) is 2.11. The molecule has 0 aromatic heterocycles. The van der Waals surface area contributed by atoms with E-state index in [9.17, 15) is 9.18 Å². The molecule has 0 saturated carbocycles. The zero-order valence-corrected chi connectivity index (χ0v) is 5.19. The Hall–Kier alpha value is -0.600. The number of carbonyl (C=O) groups excluding carboxylic acids is 1. The second-order valence-corrected chi connectivity index (χ2v) is 2.45. The molecule has 48 valence electrons. The van der Waals surface area contributed by atoms with Gasteiger partial charge in [-0.25, -0.2) is 4.79 Å². The van der Waals surface area contributed by atoms with Crippen LogP contribution < -0.4 is 0 Å². The van der Waals surface area contributed by atoms with Crippen molar-refractivity contribution in [2.45, 2.75) is 26.4 Å². The van der Waals surface area contributed by atoms with Gasteiger partial charge >= 0.3 is 6.22 Å². The lowest BCUT2D eigenvalue weighted by Crippen LogP contribution is -2.20. The molecular weight excluding hydrogens is 111 g/mol. The third-order valence-corrected chi connectivity index (χ3v) is 0.386. The van der Waals surface area contributed by atoms with Crippen LogP contribution in [-0.4, -0.2) is 11.8 Å². The van der Waals surface area contributed by atoms with Crippen LogP contribution >= 0.6 is 0 Å². The van der Waals surface area contributed by atoms with E-state index in [-0.39, 0.29) is 0 Å². The summed E-state index contributed by atoms with van der Waals surface area (Å²) in [6.07, 6.45) is -1.72. The van der Waals surface area contributed by atoms with Gasteiger partial charge in [0.05, 0.1) is 0 Å². The third kappa shape index (κ3) is 5.40. The van der Waals surface area contributed by atoms with Crippen LogP contribution in [0.15, 0.2) is 0 Å². The van der Waals surface area contributed by atoms with Crippen LogP contribution in [0.2, 0.25) is 0 Å². The van der Waals surface area contributed by atoms with Crippen LogP contribution in [-0.2, 0) is 4.74 Å². The van der Waals surface area contributed by atoms with Gasteiger partial charge in [-0.1, -0.05) is 0 Å². The lowest BCUT2D eigenvalue weighted by molar-refractivity contribution is 0.0346. The first kappa shape index (κ1) is 7.40. The Morgan fingerprint density at radius 2 is 1.88 bits per heavy atom. The highest BCUT2D eigenvalue weighted by Crippen LogP contribution is 2.07. The van der Waals surface area contributed by atoms with Crippen molar-refractivity contribution < 1.29 is 13.9 Å². The molecule has 0 N–H and O–H groups in total. The molecule has 0 saturated heterocycles. The topological polar surface area (TPSA) is 26.3 Å². The largest absolute Gasteiger partial charge is 0.495 e. The highest BCUT2D eigenvalue weighted by molar-refractivity contribution is 5.58. The lowest BCUT2D eigenvalue weighted by Gasteiger charge is -2.15. The van der Waals surface area contributed by atoms with Crippen molar-refractivity contribution in [3.8, 4) is 0 Å². The van der Waals surface area contributed by atoms with Crippen molar-refractivity contribution >= 4 is 6.22 Å². The van der Waals surface area contributed by atoms with Gasteiger partial charge in [0.15, 0.2) is 0 Å². The third-order valence-electron chi connectivity index (χ3n) is 0.386. The van der Waals surface area contributed by atoms with Crippen LogP contribution in [0.5, 0.6) is 0 Å². The maximum atomic E-state index is 11.3. The number of halogens is 1. The maximum absolute atomic E-state index is 11.3.